The Labute approximate surface area is 86.7 Å². The van der Waals surface area contributed by atoms with Gasteiger partial charge in [-0.1, -0.05) is 37.6 Å². The van der Waals surface area contributed by atoms with Gasteiger partial charge in [0.1, 0.15) is 0 Å². The Balaban J connectivity index is 2.38. The summed E-state index contributed by atoms with van der Waals surface area (Å²) in [6.45, 7) is 4.01. The molecule has 0 aromatic heterocycles. The van der Waals surface area contributed by atoms with E-state index in [2.05, 4.69) is 41.8 Å². The SMILES string of the molecule is CCCc1ccc(CNCNC)cc1. The molecule has 1 aromatic rings. The summed E-state index contributed by atoms with van der Waals surface area (Å²) in [4.78, 5) is 0. The van der Waals surface area contributed by atoms with E-state index in [-0.39, 0.29) is 0 Å². The minimum atomic E-state index is 0.858. The van der Waals surface area contributed by atoms with E-state index < -0.39 is 0 Å². The zero-order valence-corrected chi connectivity index (χ0v) is 9.14. The van der Waals surface area contributed by atoms with E-state index in [0.29, 0.717) is 0 Å². The van der Waals surface area contributed by atoms with Crippen LogP contribution in [0.4, 0.5) is 0 Å². The molecule has 2 nitrogen and oxygen atoms in total. The van der Waals surface area contributed by atoms with E-state index in [0.717, 1.165) is 13.2 Å². The van der Waals surface area contributed by atoms with E-state index in [9.17, 15) is 0 Å². The Hall–Kier alpha value is -0.860. The number of nitrogens with one attached hydrogen (secondary N) is 2. The average molecular weight is 192 g/mol. The standard InChI is InChI=1S/C12H20N2/c1-3-4-11-5-7-12(8-6-11)9-14-10-13-2/h5-8,13-14H,3-4,9-10H2,1-2H3. The zero-order valence-electron chi connectivity index (χ0n) is 9.14. The highest BCUT2D eigenvalue weighted by atomic mass is 15.0. The van der Waals surface area contributed by atoms with Crippen molar-refractivity contribution in [3.05, 3.63) is 35.4 Å². The Morgan fingerprint density at radius 3 is 2.29 bits per heavy atom. The molecule has 0 amide bonds. The number of aryl methyl sites for hydroxylation is 1. The van der Waals surface area contributed by atoms with Crippen LogP contribution in [-0.4, -0.2) is 13.7 Å². The van der Waals surface area contributed by atoms with Crippen LogP contribution in [0.2, 0.25) is 0 Å². The number of hydrogen-bond donors (Lipinski definition) is 2. The van der Waals surface area contributed by atoms with Gasteiger partial charge in [-0.2, -0.15) is 0 Å². The number of benzene rings is 1. The third-order valence-corrected chi connectivity index (χ3v) is 2.19. The summed E-state index contributed by atoms with van der Waals surface area (Å²) in [7, 11) is 1.94. The molecular formula is C12H20N2. The van der Waals surface area contributed by atoms with Crippen LogP contribution in [0, 0.1) is 0 Å². The predicted molar refractivity (Wildman–Crippen MR) is 61.2 cm³/mol. The van der Waals surface area contributed by atoms with Crippen LogP contribution in [0.5, 0.6) is 0 Å². The van der Waals surface area contributed by atoms with Gasteiger partial charge < -0.3 is 10.6 Å². The van der Waals surface area contributed by atoms with Gasteiger partial charge in [-0.25, -0.2) is 0 Å². The van der Waals surface area contributed by atoms with E-state index in [1.807, 2.05) is 7.05 Å². The van der Waals surface area contributed by atoms with Crippen molar-refractivity contribution < 1.29 is 0 Å². The lowest BCUT2D eigenvalue weighted by Gasteiger charge is -2.05. The summed E-state index contributed by atoms with van der Waals surface area (Å²) in [6, 6.07) is 8.85. The molecule has 1 aromatic carbocycles. The highest BCUT2D eigenvalue weighted by Crippen LogP contribution is 2.06. The molecule has 2 heteroatoms. The maximum atomic E-state index is 3.29. The first-order valence-electron chi connectivity index (χ1n) is 5.30. The summed E-state index contributed by atoms with van der Waals surface area (Å²) in [5.41, 5.74) is 2.78. The first-order valence-corrected chi connectivity index (χ1v) is 5.30. The Bertz CT molecular complexity index is 241. The lowest BCUT2D eigenvalue weighted by Crippen LogP contribution is -2.25. The molecule has 0 aliphatic carbocycles. The van der Waals surface area contributed by atoms with Crippen molar-refractivity contribution in [3.63, 3.8) is 0 Å². The molecule has 0 saturated heterocycles. The van der Waals surface area contributed by atoms with E-state index in [1.165, 1.54) is 24.0 Å². The molecule has 0 bridgehead atoms. The van der Waals surface area contributed by atoms with Crippen molar-refractivity contribution >= 4 is 0 Å². The van der Waals surface area contributed by atoms with E-state index in [1.54, 1.807) is 0 Å². The minimum absolute atomic E-state index is 0.858. The Kier molecular flexibility index (Phi) is 5.27. The van der Waals surface area contributed by atoms with Crippen molar-refractivity contribution in [3.8, 4) is 0 Å². The van der Waals surface area contributed by atoms with Crippen LogP contribution in [0.3, 0.4) is 0 Å². The molecule has 0 spiro atoms. The van der Waals surface area contributed by atoms with Crippen LogP contribution in [0.1, 0.15) is 24.5 Å². The van der Waals surface area contributed by atoms with Crippen LogP contribution >= 0.6 is 0 Å². The molecule has 78 valence electrons. The molecular weight excluding hydrogens is 172 g/mol. The fourth-order valence-corrected chi connectivity index (χ4v) is 1.44. The molecule has 0 radical (unpaired) electrons. The van der Waals surface area contributed by atoms with Crippen molar-refractivity contribution in [2.75, 3.05) is 13.7 Å². The van der Waals surface area contributed by atoms with Gasteiger partial charge in [0.25, 0.3) is 0 Å². The summed E-state index contributed by atoms with van der Waals surface area (Å²) in [5, 5.41) is 6.35. The van der Waals surface area contributed by atoms with Crippen LogP contribution < -0.4 is 10.6 Å². The Morgan fingerprint density at radius 1 is 1.07 bits per heavy atom. The predicted octanol–water partition coefficient (Wildman–Crippen LogP) is 1.91. The topological polar surface area (TPSA) is 24.1 Å². The molecule has 0 heterocycles. The average Bonchev–Trinajstić information content (AvgIpc) is 2.21. The molecule has 14 heavy (non-hydrogen) atoms. The van der Waals surface area contributed by atoms with Gasteiger partial charge in [0, 0.05) is 13.2 Å². The third kappa shape index (κ3) is 3.90. The minimum Gasteiger partial charge on any atom is -0.308 e. The molecule has 1 rings (SSSR count). The van der Waals surface area contributed by atoms with Gasteiger partial charge in [-0.15, -0.1) is 0 Å². The first-order chi connectivity index (χ1) is 6.86. The number of hydrogen-bond acceptors (Lipinski definition) is 2. The molecule has 0 fully saturated rings. The zero-order chi connectivity index (χ0) is 10.2. The fourth-order valence-electron chi connectivity index (χ4n) is 1.44. The highest BCUT2D eigenvalue weighted by molar-refractivity contribution is 5.22. The van der Waals surface area contributed by atoms with Crippen molar-refractivity contribution in [2.45, 2.75) is 26.3 Å². The maximum Gasteiger partial charge on any atom is 0.0454 e. The summed E-state index contributed by atoms with van der Waals surface area (Å²) < 4.78 is 0. The highest BCUT2D eigenvalue weighted by Gasteiger charge is 1.93. The Morgan fingerprint density at radius 2 is 1.71 bits per heavy atom. The number of rotatable bonds is 6. The maximum absolute atomic E-state index is 3.29. The summed E-state index contributed by atoms with van der Waals surface area (Å²) in [5.74, 6) is 0. The summed E-state index contributed by atoms with van der Waals surface area (Å²) in [6.07, 6.45) is 2.40. The molecule has 0 atom stereocenters. The monoisotopic (exact) mass is 192 g/mol. The van der Waals surface area contributed by atoms with Gasteiger partial charge in [0.15, 0.2) is 0 Å². The lowest BCUT2D eigenvalue weighted by atomic mass is 10.1. The third-order valence-electron chi connectivity index (χ3n) is 2.19. The van der Waals surface area contributed by atoms with E-state index in [4.69, 9.17) is 0 Å². The molecule has 0 unspecified atom stereocenters. The van der Waals surface area contributed by atoms with Crippen LogP contribution in [0.15, 0.2) is 24.3 Å². The second kappa shape index (κ2) is 6.57. The van der Waals surface area contributed by atoms with Gasteiger partial charge in [-0.3, -0.25) is 0 Å². The normalized spacial score (nSPS) is 10.4. The molecule has 2 N–H and O–H groups in total. The van der Waals surface area contributed by atoms with Crippen LogP contribution in [0.25, 0.3) is 0 Å². The lowest BCUT2D eigenvalue weighted by molar-refractivity contribution is 0.632. The van der Waals surface area contributed by atoms with Gasteiger partial charge in [-0.05, 0) is 24.6 Å². The first kappa shape index (κ1) is 11.2. The fraction of sp³-hybridized carbons (Fsp3) is 0.500. The summed E-state index contributed by atoms with van der Waals surface area (Å²) >= 11 is 0. The van der Waals surface area contributed by atoms with Crippen molar-refractivity contribution in [1.82, 2.24) is 10.6 Å². The van der Waals surface area contributed by atoms with Gasteiger partial charge in [0.05, 0.1) is 0 Å². The smallest absolute Gasteiger partial charge is 0.0454 e. The second-order valence-corrected chi connectivity index (χ2v) is 3.52. The van der Waals surface area contributed by atoms with Gasteiger partial charge in [0.2, 0.25) is 0 Å². The molecule has 0 aliphatic rings. The molecule has 0 aliphatic heterocycles. The molecule has 0 saturated carbocycles. The van der Waals surface area contributed by atoms with Gasteiger partial charge >= 0.3 is 0 Å². The quantitative estimate of drug-likeness (QED) is 0.531. The van der Waals surface area contributed by atoms with Crippen LogP contribution in [-0.2, 0) is 13.0 Å². The second-order valence-electron chi connectivity index (χ2n) is 3.52. The van der Waals surface area contributed by atoms with Crippen molar-refractivity contribution in [1.29, 1.82) is 0 Å². The van der Waals surface area contributed by atoms with E-state index >= 15 is 0 Å². The largest absolute Gasteiger partial charge is 0.308 e. The van der Waals surface area contributed by atoms with Crippen molar-refractivity contribution in [2.24, 2.45) is 0 Å².